The summed E-state index contributed by atoms with van der Waals surface area (Å²) in [4.78, 5) is 23.2. The highest BCUT2D eigenvalue weighted by Gasteiger charge is 2.13. The Morgan fingerprint density at radius 3 is 2.50 bits per heavy atom. The fraction of sp³-hybridized carbons (Fsp3) is 0.467. The Morgan fingerprint density at radius 1 is 1.20 bits per heavy atom. The quantitative estimate of drug-likeness (QED) is 0.716. The van der Waals surface area contributed by atoms with Gasteiger partial charge in [-0.05, 0) is 37.0 Å². The molecule has 1 atom stereocenters. The van der Waals surface area contributed by atoms with Gasteiger partial charge in [0.15, 0.2) is 0 Å². The summed E-state index contributed by atoms with van der Waals surface area (Å²) >= 11 is 0. The first-order valence-electron chi connectivity index (χ1n) is 6.77. The third kappa shape index (κ3) is 5.40. The van der Waals surface area contributed by atoms with Gasteiger partial charge in [-0.25, -0.2) is 0 Å². The number of aliphatic hydroxyl groups excluding tert-OH is 1. The van der Waals surface area contributed by atoms with E-state index in [4.69, 9.17) is 5.11 Å². The molecular formula is C15H22N2O3. The Balaban J connectivity index is 2.53. The Bertz CT molecular complexity index is 470. The molecule has 1 rings (SSSR count). The average Bonchev–Trinajstić information content (AvgIpc) is 2.38. The molecule has 0 heterocycles. The van der Waals surface area contributed by atoms with Crippen molar-refractivity contribution in [2.24, 2.45) is 0 Å². The lowest BCUT2D eigenvalue weighted by molar-refractivity contribution is -0.136. The van der Waals surface area contributed by atoms with E-state index in [1.165, 1.54) is 0 Å². The topological polar surface area (TPSA) is 78.4 Å². The van der Waals surface area contributed by atoms with E-state index in [1.807, 2.05) is 18.2 Å². The smallest absolute Gasteiger partial charge is 0.313 e. The van der Waals surface area contributed by atoms with E-state index in [0.717, 1.165) is 5.56 Å². The molecule has 0 bridgehead atoms. The van der Waals surface area contributed by atoms with Crippen LogP contribution in [0.4, 0.5) is 5.69 Å². The zero-order valence-electron chi connectivity index (χ0n) is 12.1. The van der Waals surface area contributed by atoms with Crippen molar-refractivity contribution in [1.82, 2.24) is 5.32 Å². The summed E-state index contributed by atoms with van der Waals surface area (Å²) in [6.07, 6.45) is -0.0805. The summed E-state index contributed by atoms with van der Waals surface area (Å²) in [5.41, 5.74) is 1.70. The maximum absolute atomic E-state index is 11.7. The zero-order chi connectivity index (χ0) is 15.1. The summed E-state index contributed by atoms with van der Waals surface area (Å²) < 4.78 is 0. The average molecular weight is 278 g/mol. The van der Waals surface area contributed by atoms with E-state index in [-0.39, 0.29) is 6.54 Å². The third-order valence-corrected chi connectivity index (χ3v) is 2.87. The number of nitrogens with one attached hydrogen (secondary N) is 2. The number of hydrogen-bond donors (Lipinski definition) is 3. The van der Waals surface area contributed by atoms with Crippen LogP contribution in [0.2, 0.25) is 0 Å². The highest BCUT2D eigenvalue weighted by Crippen LogP contribution is 2.18. The molecule has 0 radical (unpaired) electrons. The minimum absolute atomic E-state index is 0.274. The first-order chi connectivity index (χ1) is 9.40. The number of aliphatic hydroxyl groups is 1. The second-order valence-corrected chi connectivity index (χ2v) is 5.13. The molecule has 0 aliphatic rings. The van der Waals surface area contributed by atoms with Crippen LogP contribution in [-0.4, -0.2) is 29.6 Å². The zero-order valence-corrected chi connectivity index (χ0v) is 12.1. The molecule has 1 unspecified atom stereocenters. The van der Waals surface area contributed by atoms with Crippen LogP contribution in [0.3, 0.4) is 0 Å². The second kappa shape index (κ2) is 7.65. The van der Waals surface area contributed by atoms with Crippen molar-refractivity contribution in [3.63, 3.8) is 0 Å². The molecule has 0 spiro atoms. The lowest BCUT2D eigenvalue weighted by atomic mass is 10.0. The Morgan fingerprint density at radius 2 is 1.90 bits per heavy atom. The van der Waals surface area contributed by atoms with E-state index in [1.54, 1.807) is 13.0 Å². The molecule has 110 valence electrons. The number of amides is 2. The van der Waals surface area contributed by atoms with Gasteiger partial charge in [-0.2, -0.15) is 0 Å². The van der Waals surface area contributed by atoms with Crippen molar-refractivity contribution in [3.05, 3.63) is 29.8 Å². The molecule has 0 aromatic heterocycles. The molecular weight excluding hydrogens is 256 g/mol. The first-order valence-corrected chi connectivity index (χ1v) is 6.77. The minimum Gasteiger partial charge on any atom is -0.393 e. The van der Waals surface area contributed by atoms with E-state index in [9.17, 15) is 9.59 Å². The van der Waals surface area contributed by atoms with Crippen LogP contribution >= 0.6 is 0 Å². The third-order valence-electron chi connectivity index (χ3n) is 2.87. The van der Waals surface area contributed by atoms with Crippen LogP contribution < -0.4 is 10.6 Å². The van der Waals surface area contributed by atoms with Crippen LogP contribution in [0, 0.1) is 0 Å². The molecule has 3 N–H and O–H groups in total. The normalized spacial score (nSPS) is 12.1. The SMILES string of the molecule is CC(O)CCNC(=O)C(=O)Nc1cccc(C(C)C)c1. The van der Waals surface area contributed by atoms with Crippen molar-refractivity contribution in [2.75, 3.05) is 11.9 Å². The fourth-order valence-electron chi connectivity index (χ4n) is 1.64. The van der Waals surface area contributed by atoms with Gasteiger partial charge in [-0.3, -0.25) is 9.59 Å². The van der Waals surface area contributed by atoms with Crippen molar-refractivity contribution in [3.8, 4) is 0 Å². The van der Waals surface area contributed by atoms with E-state index in [2.05, 4.69) is 24.5 Å². The molecule has 0 saturated carbocycles. The number of anilines is 1. The van der Waals surface area contributed by atoms with Gasteiger partial charge in [0.1, 0.15) is 0 Å². The van der Waals surface area contributed by atoms with Gasteiger partial charge in [-0.1, -0.05) is 26.0 Å². The lowest BCUT2D eigenvalue weighted by Crippen LogP contribution is -2.36. The van der Waals surface area contributed by atoms with Crippen LogP contribution in [0.25, 0.3) is 0 Å². The summed E-state index contributed by atoms with van der Waals surface area (Å²) in [5.74, 6) is -1.04. The molecule has 1 aromatic rings. The predicted molar refractivity (Wildman–Crippen MR) is 78.5 cm³/mol. The molecule has 2 amide bonds. The lowest BCUT2D eigenvalue weighted by Gasteiger charge is -2.10. The van der Waals surface area contributed by atoms with Crippen LogP contribution in [0.15, 0.2) is 24.3 Å². The number of carbonyl (C=O) groups is 2. The van der Waals surface area contributed by atoms with Gasteiger partial charge in [-0.15, -0.1) is 0 Å². The van der Waals surface area contributed by atoms with Gasteiger partial charge in [0.2, 0.25) is 0 Å². The Kier molecular flexibility index (Phi) is 6.18. The molecule has 0 aliphatic carbocycles. The van der Waals surface area contributed by atoms with E-state index < -0.39 is 17.9 Å². The number of rotatable bonds is 5. The molecule has 1 aromatic carbocycles. The molecule has 0 fully saturated rings. The van der Waals surface area contributed by atoms with Gasteiger partial charge < -0.3 is 15.7 Å². The predicted octanol–water partition coefficient (Wildman–Crippen LogP) is 1.64. The van der Waals surface area contributed by atoms with Crippen LogP contribution in [-0.2, 0) is 9.59 Å². The maximum atomic E-state index is 11.7. The molecule has 5 nitrogen and oxygen atoms in total. The van der Waals surface area contributed by atoms with Gasteiger partial charge in [0, 0.05) is 12.2 Å². The number of carbonyl (C=O) groups excluding carboxylic acids is 2. The van der Waals surface area contributed by atoms with Crippen molar-refractivity contribution in [1.29, 1.82) is 0 Å². The van der Waals surface area contributed by atoms with Crippen LogP contribution in [0.1, 0.15) is 38.7 Å². The molecule has 0 saturated heterocycles. The summed E-state index contributed by atoms with van der Waals surface area (Å²) in [6.45, 7) is 6.02. The van der Waals surface area contributed by atoms with Gasteiger partial charge in [0.25, 0.3) is 0 Å². The first kappa shape index (κ1) is 16.2. The van der Waals surface area contributed by atoms with E-state index in [0.29, 0.717) is 18.0 Å². The van der Waals surface area contributed by atoms with E-state index >= 15 is 0 Å². The molecule has 20 heavy (non-hydrogen) atoms. The highest BCUT2D eigenvalue weighted by atomic mass is 16.3. The maximum Gasteiger partial charge on any atom is 0.313 e. The Hall–Kier alpha value is -1.88. The standard InChI is InChI=1S/C15H22N2O3/c1-10(2)12-5-4-6-13(9-12)17-15(20)14(19)16-8-7-11(3)18/h4-6,9-11,18H,7-8H2,1-3H3,(H,16,19)(H,17,20). The van der Waals surface area contributed by atoms with Crippen molar-refractivity contribution in [2.45, 2.75) is 39.2 Å². The van der Waals surface area contributed by atoms with Gasteiger partial charge in [0.05, 0.1) is 6.10 Å². The summed E-state index contributed by atoms with van der Waals surface area (Å²) in [7, 11) is 0. The summed E-state index contributed by atoms with van der Waals surface area (Å²) in [5, 5.41) is 14.1. The van der Waals surface area contributed by atoms with Crippen molar-refractivity contribution >= 4 is 17.5 Å². The molecule has 0 aliphatic heterocycles. The van der Waals surface area contributed by atoms with Crippen molar-refractivity contribution < 1.29 is 14.7 Å². The number of benzene rings is 1. The second-order valence-electron chi connectivity index (χ2n) is 5.13. The largest absolute Gasteiger partial charge is 0.393 e. The monoisotopic (exact) mass is 278 g/mol. The van der Waals surface area contributed by atoms with Gasteiger partial charge >= 0.3 is 11.8 Å². The number of hydrogen-bond acceptors (Lipinski definition) is 3. The summed E-state index contributed by atoms with van der Waals surface area (Å²) in [6, 6.07) is 7.41. The molecule has 5 heteroatoms. The van der Waals surface area contributed by atoms with Crippen LogP contribution in [0.5, 0.6) is 0 Å². The Labute approximate surface area is 119 Å². The highest BCUT2D eigenvalue weighted by molar-refractivity contribution is 6.39. The minimum atomic E-state index is -0.698. The fourth-order valence-corrected chi connectivity index (χ4v) is 1.64.